The molecular weight excluding hydrogens is 328 g/mol. The van der Waals surface area contributed by atoms with Gasteiger partial charge in [0.1, 0.15) is 0 Å². The first kappa shape index (κ1) is 36.0. The second-order valence-electron chi connectivity index (χ2n) is 0.816. The number of rotatable bonds is 0. The fraction of sp³-hybridized carbons (Fsp3) is 0. The maximum atomic E-state index is 8.52. The van der Waals surface area contributed by atoms with Gasteiger partial charge in [0.2, 0.25) is 0 Å². The summed E-state index contributed by atoms with van der Waals surface area (Å²) in [5.41, 5.74) is 0. The van der Waals surface area contributed by atoms with Crippen molar-refractivity contribution in [3.8, 4) is 0 Å². The molecule has 0 atom stereocenters. The molecule has 0 aromatic rings. The molecule has 76 valence electrons. The van der Waals surface area contributed by atoms with Gasteiger partial charge in [-0.25, -0.2) is 0 Å². The Morgan fingerprint density at radius 2 is 0.643 bits per heavy atom. The third kappa shape index (κ3) is 268. The summed E-state index contributed by atoms with van der Waals surface area (Å²) in [7, 11) is -10.3. The van der Waals surface area contributed by atoms with E-state index in [1.807, 2.05) is 0 Å². The van der Waals surface area contributed by atoms with Crippen LogP contribution in [0.1, 0.15) is 0 Å². The van der Waals surface area contributed by atoms with E-state index in [1.54, 1.807) is 0 Å². The molecule has 0 radical (unpaired) electrons. The van der Waals surface area contributed by atoms with Crippen LogP contribution >= 0.6 is 0 Å². The molecular formula is H4Ca3O9S2. The van der Waals surface area contributed by atoms with Crippen molar-refractivity contribution < 1.29 is 40.5 Å². The van der Waals surface area contributed by atoms with Gasteiger partial charge in [0.05, 0.1) is 0 Å². The van der Waals surface area contributed by atoms with Gasteiger partial charge in [0.15, 0.2) is 0 Å². The van der Waals surface area contributed by atoms with Crippen LogP contribution in [0.5, 0.6) is 0 Å². The van der Waals surface area contributed by atoms with E-state index < -0.39 is 20.8 Å². The molecule has 9 nitrogen and oxygen atoms in total. The summed E-state index contributed by atoms with van der Waals surface area (Å²) in [6.07, 6.45) is 0. The van der Waals surface area contributed by atoms with E-state index in [1.165, 1.54) is 0 Å². The Labute approximate surface area is 170 Å². The second-order valence-corrected chi connectivity index (χ2v) is 2.45. The fourth-order valence-electron chi connectivity index (χ4n) is 0. The van der Waals surface area contributed by atoms with Crippen molar-refractivity contribution in [1.29, 1.82) is 0 Å². The predicted molar refractivity (Wildman–Crippen MR) is 44.6 cm³/mol. The minimum atomic E-state index is -5.17. The van der Waals surface area contributed by atoms with Crippen LogP contribution in [0.15, 0.2) is 0 Å². The van der Waals surface area contributed by atoms with Crippen LogP contribution in [0, 0.1) is 0 Å². The Kier molecular flexibility index (Phi) is 42.4. The fourth-order valence-corrected chi connectivity index (χ4v) is 0. The van der Waals surface area contributed by atoms with Crippen LogP contribution in [0.25, 0.3) is 0 Å². The van der Waals surface area contributed by atoms with E-state index in [4.69, 9.17) is 35.0 Å². The molecule has 0 amide bonds. The van der Waals surface area contributed by atoms with Crippen LogP contribution in [0.3, 0.4) is 0 Å². The van der Waals surface area contributed by atoms with E-state index in [9.17, 15) is 0 Å². The molecule has 0 heterocycles. The summed E-state index contributed by atoms with van der Waals surface area (Å²) in [5.74, 6) is 0. The van der Waals surface area contributed by atoms with Gasteiger partial charge in [-0.3, -0.25) is 16.8 Å². The van der Waals surface area contributed by atoms with Gasteiger partial charge >= 0.3 is 113 Å². The van der Waals surface area contributed by atoms with Gasteiger partial charge in [-0.1, -0.05) is 0 Å². The van der Waals surface area contributed by atoms with Crippen molar-refractivity contribution in [1.82, 2.24) is 0 Å². The Balaban J connectivity index is -0.0000000178. The SMILES string of the molecule is O.O=S(=O)([O-])[O-].O=S(=O)([O-])[O-].[Ca+2].[Ca+2].[CaH2]. The molecule has 0 bridgehead atoms. The monoisotopic (exact) mass is 332 g/mol. The molecule has 0 rings (SSSR count). The van der Waals surface area contributed by atoms with Gasteiger partial charge in [-0.15, -0.1) is 0 Å². The molecule has 0 aliphatic rings. The zero-order chi connectivity index (χ0) is 9.00. The average Bonchev–Trinajstić information content (AvgIpc) is 1.12. The van der Waals surface area contributed by atoms with Crippen LogP contribution in [-0.2, 0) is 20.8 Å². The Morgan fingerprint density at radius 1 is 0.643 bits per heavy atom. The summed E-state index contributed by atoms with van der Waals surface area (Å²) >= 11 is 0. The zero-order valence-electron chi connectivity index (χ0n) is 6.00. The Hall–Kier alpha value is 3.48. The Bertz CT molecular complexity index is 214. The summed E-state index contributed by atoms with van der Waals surface area (Å²) in [4.78, 5) is 0. The molecule has 0 aliphatic carbocycles. The normalized spacial score (nSPS) is 8.29. The van der Waals surface area contributed by atoms with Gasteiger partial charge in [-0.05, 0) is 0 Å². The molecule has 0 aromatic heterocycles. The standard InChI is InChI=1S/3Ca.2H2O4S.H2O.2H/c;;;2*1-5(2,3)4;;;/h;;;2*(H2,1,2,3,4);1H2;;/q;2*+2;;;;;/p-4. The molecule has 0 fully saturated rings. The summed E-state index contributed by atoms with van der Waals surface area (Å²) < 4.78 is 68.2. The molecule has 14 heteroatoms. The summed E-state index contributed by atoms with van der Waals surface area (Å²) in [6, 6.07) is 0. The van der Waals surface area contributed by atoms with E-state index in [0.29, 0.717) is 0 Å². The molecule has 0 aromatic carbocycles. The summed E-state index contributed by atoms with van der Waals surface area (Å²) in [5, 5.41) is 0. The molecule has 0 unspecified atom stereocenters. The van der Waals surface area contributed by atoms with E-state index in [-0.39, 0.29) is 119 Å². The van der Waals surface area contributed by atoms with E-state index in [0.717, 1.165) is 0 Å². The minimum absolute atomic E-state index is 0. The maximum absolute atomic E-state index is 8.52. The van der Waals surface area contributed by atoms with E-state index in [2.05, 4.69) is 0 Å². The van der Waals surface area contributed by atoms with Gasteiger partial charge in [-0.2, -0.15) is 0 Å². The van der Waals surface area contributed by atoms with Crippen molar-refractivity contribution in [3.05, 3.63) is 0 Å². The van der Waals surface area contributed by atoms with Gasteiger partial charge in [0.25, 0.3) is 0 Å². The van der Waals surface area contributed by atoms with Crippen molar-refractivity contribution >= 4 is 134 Å². The number of hydrogen-bond donors (Lipinski definition) is 0. The van der Waals surface area contributed by atoms with Crippen LogP contribution in [0.2, 0.25) is 0 Å². The van der Waals surface area contributed by atoms with Gasteiger partial charge < -0.3 is 23.7 Å². The topological polar surface area (TPSA) is 192 Å². The molecule has 0 saturated heterocycles. The third-order valence-electron chi connectivity index (χ3n) is 0. The van der Waals surface area contributed by atoms with Crippen LogP contribution in [0.4, 0.5) is 0 Å². The summed E-state index contributed by atoms with van der Waals surface area (Å²) in [6.45, 7) is 0. The number of hydrogen-bond acceptors (Lipinski definition) is 8. The average molecular weight is 332 g/mol. The zero-order valence-corrected chi connectivity index (χ0v) is 12.0. The van der Waals surface area contributed by atoms with Crippen molar-refractivity contribution in [2.75, 3.05) is 0 Å². The first-order valence-electron chi connectivity index (χ1n) is 1.33. The van der Waals surface area contributed by atoms with Crippen LogP contribution in [-0.4, -0.2) is 154 Å². The quantitative estimate of drug-likeness (QED) is 0.238. The van der Waals surface area contributed by atoms with Crippen molar-refractivity contribution in [3.63, 3.8) is 0 Å². The Morgan fingerprint density at radius 3 is 0.643 bits per heavy atom. The van der Waals surface area contributed by atoms with Crippen molar-refractivity contribution in [2.24, 2.45) is 0 Å². The predicted octanol–water partition coefficient (Wildman–Crippen LogP) is -5.18. The van der Waals surface area contributed by atoms with Gasteiger partial charge in [0, 0.05) is 20.8 Å². The van der Waals surface area contributed by atoms with Crippen LogP contribution < -0.4 is 0 Å². The first-order valence-corrected chi connectivity index (χ1v) is 4.00. The molecule has 0 aliphatic heterocycles. The molecule has 0 saturated carbocycles. The molecule has 2 N–H and O–H groups in total. The second kappa shape index (κ2) is 16.5. The molecule has 14 heavy (non-hydrogen) atoms. The van der Waals surface area contributed by atoms with E-state index >= 15 is 0 Å². The van der Waals surface area contributed by atoms with Crippen molar-refractivity contribution in [2.45, 2.75) is 0 Å². The third-order valence-corrected chi connectivity index (χ3v) is 0. The molecule has 0 spiro atoms. The first-order chi connectivity index (χ1) is 4.00.